The van der Waals surface area contributed by atoms with E-state index in [0.717, 1.165) is 22.0 Å². The molecule has 6 N–H and O–H groups in total. The summed E-state index contributed by atoms with van der Waals surface area (Å²) in [5.74, 6) is -0.0135. The zero-order chi connectivity index (χ0) is 22.5. The Labute approximate surface area is 187 Å². The number of urea groups is 1. The van der Waals surface area contributed by atoms with Crippen LogP contribution in [0.4, 0.5) is 21.9 Å². The highest BCUT2D eigenvalue weighted by Crippen LogP contribution is 2.31. The molecule has 2 amide bonds. The molecule has 4 aromatic rings. The van der Waals surface area contributed by atoms with Crippen LogP contribution in [0, 0.1) is 5.41 Å². The summed E-state index contributed by atoms with van der Waals surface area (Å²) >= 11 is 0. The van der Waals surface area contributed by atoms with Gasteiger partial charge in [-0.3, -0.25) is 5.41 Å². The fourth-order valence-electron chi connectivity index (χ4n) is 3.54. The fraction of sp³-hybridized carbons (Fsp3) is 0.0769. The molecule has 32 heavy (non-hydrogen) atoms. The van der Waals surface area contributed by atoms with Gasteiger partial charge in [0.15, 0.2) is 0 Å². The average molecular weight is 424 g/mol. The number of rotatable bonds is 6. The van der Waals surface area contributed by atoms with Gasteiger partial charge in [0, 0.05) is 17.3 Å². The maximum atomic E-state index is 12.7. The summed E-state index contributed by atoms with van der Waals surface area (Å²) in [6, 6.07) is 28.7. The van der Waals surface area contributed by atoms with Crippen molar-refractivity contribution in [3.8, 4) is 0 Å². The van der Waals surface area contributed by atoms with Gasteiger partial charge in [0.05, 0.1) is 11.4 Å². The summed E-state index contributed by atoms with van der Waals surface area (Å²) in [4.78, 5) is 12.7. The van der Waals surface area contributed by atoms with Gasteiger partial charge < -0.3 is 21.7 Å². The normalized spacial score (nSPS) is 11.5. The molecule has 0 aliphatic carbocycles. The molecule has 0 spiro atoms. The minimum atomic E-state index is -0.355. The number of hydrogen-bond acceptors (Lipinski definition) is 3. The van der Waals surface area contributed by atoms with Crippen LogP contribution in [-0.2, 0) is 0 Å². The Hall–Kier alpha value is -4.32. The first kappa shape index (κ1) is 20.9. The first-order chi connectivity index (χ1) is 15.5. The first-order valence-electron chi connectivity index (χ1n) is 10.4. The topological polar surface area (TPSA) is 103 Å². The smallest absolute Gasteiger partial charge is 0.323 e. The second kappa shape index (κ2) is 9.22. The third-order valence-electron chi connectivity index (χ3n) is 5.26. The van der Waals surface area contributed by atoms with Crippen LogP contribution in [0.2, 0.25) is 0 Å². The number of nitrogens with one attached hydrogen (secondary N) is 4. The van der Waals surface area contributed by atoms with Gasteiger partial charge in [0.2, 0.25) is 0 Å². The fourth-order valence-corrected chi connectivity index (χ4v) is 3.54. The molecule has 4 rings (SSSR count). The third kappa shape index (κ3) is 4.87. The van der Waals surface area contributed by atoms with Crippen molar-refractivity contribution >= 4 is 39.7 Å². The largest absolute Gasteiger partial charge is 0.384 e. The van der Waals surface area contributed by atoms with E-state index >= 15 is 0 Å². The number of amides is 2. The Balaban J connectivity index is 1.57. The number of carbonyl (C=O) groups excluding carboxylic acids is 1. The molecule has 0 heterocycles. The van der Waals surface area contributed by atoms with Gasteiger partial charge in [-0.1, -0.05) is 54.6 Å². The molecule has 0 bridgehead atoms. The zero-order valence-corrected chi connectivity index (χ0v) is 17.7. The van der Waals surface area contributed by atoms with Gasteiger partial charge in [-0.15, -0.1) is 0 Å². The maximum Gasteiger partial charge on any atom is 0.323 e. The Morgan fingerprint density at radius 1 is 0.812 bits per heavy atom. The number of amidine groups is 1. The number of fused-ring (bicyclic) bond motifs is 1. The van der Waals surface area contributed by atoms with Gasteiger partial charge in [-0.25, -0.2) is 4.79 Å². The highest BCUT2D eigenvalue weighted by Gasteiger charge is 2.12. The highest BCUT2D eigenvalue weighted by molar-refractivity contribution is 6.04. The minimum Gasteiger partial charge on any atom is -0.384 e. The second-order valence-corrected chi connectivity index (χ2v) is 7.59. The lowest BCUT2D eigenvalue weighted by atomic mass is 10.1. The zero-order valence-electron chi connectivity index (χ0n) is 17.7. The molecule has 1 unspecified atom stereocenters. The van der Waals surface area contributed by atoms with Crippen molar-refractivity contribution in [1.29, 1.82) is 5.41 Å². The standard InChI is InChI=1S/C26H25N5O/c1-17(18-7-3-2-4-8-18)29-23-15-20-9-5-6-10-21(20)16-24(23)31-26(32)30-22-13-11-19(12-14-22)25(27)28/h2-17,29H,1H3,(H3,27,28)(H2,30,31,32). The van der Waals surface area contributed by atoms with Crippen molar-refractivity contribution in [2.24, 2.45) is 5.73 Å². The van der Waals surface area contributed by atoms with E-state index < -0.39 is 0 Å². The molecule has 0 saturated heterocycles. The van der Waals surface area contributed by atoms with Crippen LogP contribution in [-0.4, -0.2) is 11.9 Å². The maximum absolute atomic E-state index is 12.7. The van der Waals surface area contributed by atoms with E-state index in [0.29, 0.717) is 16.9 Å². The summed E-state index contributed by atoms with van der Waals surface area (Å²) < 4.78 is 0. The summed E-state index contributed by atoms with van der Waals surface area (Å²) in [7, 11) is 0. The average Bonchev–Trinajstić information content (AvgIpc) is 2.80. The van der Waals surface area contributed by atoms with E-state index in [-0.39, 0.29) is 17.9 Å². The number of carbonyl (C=O) groups is 1. The molecular formula is C26H25N5O. The van der Waals surface area contributed by atoms with Crippen molar-refractivity contribution < 1.29 is 4.79 Å². The van der Waals surface area contributed by atoms with Crippen LogP contribution in [0.1, 0.15) is 24.1 Å². The summed E-state index contributed by atoms with van der Waals surface area (Å²) in [5.41, 5.74) is 9.38. The van der Waals surface area contributed by atoms with Crippen molar-refractivity contribution in [1.82, 2.24) is 0 Å². The molecule has 0 aliphatic heterocycles. The Bertz CT molecular complexity index is 1250. The number of nitrogens with two attached hydrogens (primary N) is 1. The SMILES string of the molecule is CC(Nc1cc2ccccc2cc1NC(=O)Nc1ccc(C(=N)N)cc1)c1ccccc1. The first-order valence-corrected chi connectivity index (χ1v) is 10.4. The van der Waals surface area contributed by atoms with E-state index in [4.69, 9.17) is 11.1 Å². The van der Waals surface area contributed by atoms with Crippen LogP contribution in [0.25, 0.3) is 10.8 Å². The Morgan fingerprint density at radius 2 is 1.41 bits per heavy atom. The van der Waals surface area contributed by atoms with Crippen molar-refractivity contribution in [3.05, 3.63) is 102 Å². The molecule has 0 fully saturated rings. The second-order valence-electron chi connectivity index (χ2n) is 7.59. The van der Waals surface area contributed by atoms with Crippen LogP contribution in [0.3, 0.4) is 0 Å². The third-order valence-corrected chi connectivity index (χ3v) is 5.26. The lowest BCUT2D eigenvalue weighted by Gasteiger charge is -2.20. The van der Waals surface area contributed by atoms with E-state index in [1.807, 2.05) is 54.6 Å². The lowest BCUT2D eigenvalue weighted by Crippen LogP contribution is -2.21. The number of nitrogen functional groups attached to an aromatic ring is 1. The van der Waals surface area contributed by atoms with E-state index in [1.165, 1.54) is 0 Å². The Morgan fingerprint density at radius 3 is 2.03 bits per heavy atom. The van der Waals surface area contributed by atoms with Crippen LogP contribution >= 0.6 is 0 Å². The molecule has 0 radical (unpaired) electrons. The van der Waals surface area contributed by atoms with Crippen molar-refractivity contribution in [2.45, 2.75) is 13.0 Å². The van der Waals surface area contributed by atoms with Gasteiger partial charge in [-0.2, -0.15) is 0 Å². The molecular weight excluding hydrogens is 398 g/mol. The number of benzene rings is 4. The van der Waals surface area contributed by atoms with Gasteiger partial charge in [0.1, 0.15) is 5.84 Å². The lowest BCUT2D eigenvalue weighted by molar-refractivity contribution is 0.262. The molecule has 1 atom stereocenters. The van der Waals surface area contributed by atoms with Gasteiger partial charge in [0.25, 0.3) is 0 Å². The molecule has 6 heteroatoms. The molecule has 0 saturated carbocycles. The van der Waals surface area contributed by atoms with Gasteiger partial charge >= 0.3 is 6.03 Å². The van der Waals surface area contributed by atoms with Crippen molar-refractivity contribution in [2.75, 3.05) is 16.0 Å². The van der Waals surface area contributed by atoms with E-state index in [2.05, 4.69) is 35.0 Å². The van der Waals surface area contributed by atoms with Crippen molar-refractivity contribution in [3.63, 3.8) is 0 Å². The summed E-state index contributed by atoms with van der Waals surface area (Å²) in [5, 5.41) is 18.9. The molecule has 160 valence electrons. The monoisotopic (exact) mass is 423 g/mol. The summed E-state index contributed by atoms with van der Waals surface area (Å²) in [6.45, 7) is 2.09. The molecule has 6 nitrogen and oxygen atoms in total. The Kier molecular flexibility index (Phi) is 6.03. The van der Waals surface area contributed by atoms with Crippen LogP contribution < -0.4 is 21.7 Å². The molecule has 0 aromatic heterocycles. The highest BCUT2D eigenvalue weighted by atomic mass is 16.2. The molecule has 0 aliphatic rings. The minimum absolute atomic E-state index is 0.0135. The number of anilines is 3. The summed E-state index contributed by atoms with van der Waals surface area (Å²) in [6.07, 6.45) is 0. The van der Waals surface area contributed by atoms with E-state index in [9.17, 15) is 4.79 Å². The van der Waals surface area contributed by atoms with Crippen LogP contribution in [0.5, 0.6) is 0 Å². The van der Waals surface area contributed by atoms with E-state index in [1.54, 1.807) is 24.3 Å². The predicted octanol–water partition coefficient (Wildman–Crippen LogP) is 5.94. The number of hydrogen-bond donors (Lipinski definition) is 5. The molecule has 4 aromatic carbocycles. The quantitative estimate of drug-likeness (QED) is 0.196. The van der Waals surface area contributed by atoms with Crippen LogP contribution in [0.15, 0.2) is 91.0 Å². The van der Waals surface area contributed by atoms with Gasteiger partial charge in [-0.05, 0) is 59.7 Å². The predicted molar refractivity (Wildman–Crippen MR) is 133 cm³/mol.